The molecule has 2 rings (SSSR count). The number of nitrogens with zero attached hydrogens (tertiary/aromatic N) is 3. The Morgan fingerprint density at radius 2 is 2.32 bits per heavy atom. The highest BCUT2D eigenvalue weighted by molar-refractivity contribution is 5.75. The topological polar surface area (TPSA) is 75.6 Å². The molecular formula is C13H19N5O. The second kappa shape index (κ2) is 6.17. The van der Waals surface area contributed by atoms with E-state index in [1.807, 2.05) is 24.6 Å². The van der Waals surface area contributed by atoms with Crippen molar-refractivity contribution >= 4 is 5.91 Å². The number of carbonyl (C=O) groups excluding carboxylic acids is 1. The lowest BCUT2D eigenvalue weighted by atomic mass is 10.3. The number of aromatic nitrogens is 4. The standard InChI is InChI=1S/C13H19N5O/c1-10-7-11(2)18(17-10)6-4-13(19)15-5-3-12-8-14-9-16-12/h7-9H,3-6H2,1-2H3,(H,14,16)(H,15,19). The van der Waals surface area contributed by atoms with Crippen LogP contribution in [0.25, 0.3) is 0 Å². The van der Waals surface area contributed by atoms with E-state index in [1.165, 1.54) is 0 Å². The zero-order valence-corrected chi connectivity index (χ0v) is 11.3. The Labute approximate surface area is 112 Å². The SMILES string of the molecule is Cc1cc(C)n(CCC(=O)NCCc2cnc[nH]2)n1. The molecule has 6 heteroatoms. The van der Waals surface area contributed by atoms with Crippen molar-refractivity contribution in [3.05, 3.63) is 35.7 Å². The second-order valence-electron chi connectivity index (χ2n) is 4.58. The quantitative estimate of drug-likeness (QED) is 0.813. The third-order valence-corrected chi connectivity index (χ3v) is 2.93. The van der Waals surface area contributed by atoms with Gasteiger partial charge in [-0.15, -0.1) is 0 Å². The van der Waals surface area contributed by atoms with Gasteiger partial charge in [0.2, 0.25) is 5.91 Å². The molecule has 0 aliphatic rings. The number of imidazole rings is 1. The Kier molecular flexibility index (Phi) is 4.33. The van der Waals surface area contributed by atoms with Crippen LogP contribution in [0.5, 0.6) is 0 Å². The van der Waals surface area contributed by atoms with Crippen molar-refractivity contribution < 1.29 is 4.79 Å². The van der Waals surface area contributed by atoms with E-state index in [0.29, 0.717) is 19.5 Å². The van der Waals surface area contributed by atoms with Crippen molar-refractivity contribution in [2.24, 2.45) is 0 Å². The molecule has 0 aliphatic carbocycles. The lowest BCUT2D eigenvalue weighted by Crippen LogP contribution is -2.26. The number of aromatic amines is 1. The van der Waals surface area contributed by atoms with Crippen LogP contribution >= 0.6 is 0 Å². The summed E-state index contributed by atoms with van der Waals surface area (Å²) in [5.74, 6) is 0.0482. The van der Waals surface area contributed by atoms with Crippen molar-refractivity contribution in [2.45, 2.75) is 33.2 Å². The first-order chi connectivity index (χ1) is 9.15. The Hall–Kier alpha value is -2.11. The van der Waals surface area contributed by atoms with Gasteiger partial charge >= 0.3 is 0 Å². The summed E-state index contributed by atoms with van der Waals surface area (Å²) in [6.07, 6.45) is 4.62. The van der Waals surface area contributed by atoms with Crippen molar-refractivity contribution in [3.63, 3.8) is 0 Å². The molecule has 0 fully saturated rings. The Morgan fingerprint density at radius 1 is 1.47 bits per heavy atom. The smallest absolute Gasteiger partial charge is 0.221 e. The number of amides is 1. The van der Waals surface area contributed by atoms with Gasteiger partial charge in [-0.3, -0.25) is 9.48 Å². The maximum Gasteiger partial charge on any atom is 0.221 e. The van der Waals surface area contributed by atoms with E-state index in [4.69, 9.17) is 0 Å². The molecule has 2 N–H and O–H groups in total. The fourth-order valence-electron chi connectivity index (χ4n) is 1.96. The molecule has 0 unspecified atom stereocenters. The number of hydrogen-bond acceptors (Lipinski definition) is 3. The van der Waals surface area contributed by atoms with Crippen molar-refractivity contribution in [1.29, 1.82) is 0 Å². The number of hydrogen-bond donors (Lipinski definition) is 2. The molecule has 0 bridgehead atoms. The highest BCUT2D eigenvalue weighted by atomic mass is 16.1. The lowest BCUT2D eigenvalue weighted by Gasteiger charge is -2.06. The van der Waals surface area contributed by atoms with Gasteiger partial charge in [-0.05, 0) is 19.9 Å². The Balaban J connectivity index is 1.68. The van der Waals surface area contributed by atoms with Gasteiger partial charge in [0.15, 0.2) is 0 Å². The molecule has 2 aromatic rings. The zero-order valence-electron chi connectivity index (χ0n) is 11.3. The summed E-state index contributed by atoms with van der Waals surface area (Å²) in [5.41, 5.74) is 3.10. The maximum atomic E-state index is 11.7. The third kappa shape index (κ3) is 3.94. The van der Waals surface area contributed by atoms with Crippen LogP contribution in [-0.2, 0) is 17.8 Å². The number of nitrogens with one attached hydrogen (secondary N) is 2. The van der Waals surface area contributed by atoms with E-state index in [9.17, 15) is 4.79 Å². The summed E-state index contributed by atoms with van der Waals surface area (Å²) < 4.78 is 1.86. The molecule has 0 atom stereocenters. The summed E-state index contributed by atoms with van der Waals surface area (Å²) in [6.45, 7) is 5.19. The van der Waals surface area contributed by atoms with Gasteiger partial charge < -0.3 is 10.3 Å². The van der Waals surface area contributed by atoms with E-state index < -0.39 is 0 Å². The molecule has 1 amide bonds. The van der Waals surface area contributed by atoms with Crippen molar-refractivity contribution in [3.8, 4) is 0 Å². The molecule has 0 saturated heterocycles. The number of carbonyl (C=O) groups is 1. The van der Waals surface area contributed by atoms with Gasteiger partial charge in [-0.2, -0.15) is 5.10 Å². The fraction of sp³-hybridized carbons (Fsp3) is 0.462. The minimum Gasteiger partial charge on any atom is -0.356 e. The average Bonchev–Trinajstić information content (AvgIpc) is 2.97. The number of aryl methyl sites for hydroxylation is 3. The van der Waals surface area contributed by atoms with Crippen LogP contribution in [0, 0.1) is 13.8 Å². The second-order valence-corrected chi connectivity index (χ2v) is 4.58. The van der Waals surface area contributed by atoms with E-state index in [-0.39, 0.29) is 5.91 Å². The van der Waals surface area contributed by atoms with Crippen LogP contribution < -0.4 is 5.32 Å². The summed E-state index contributed by atoms with van der Waals surface area (Å²) in [5, 5.41) is 7.22. The predicted molar refractivity (Wildman–Crippen MR) is 71.6 cm³/mol. The van der Waals surface area contributed by atoms with E-state index in [2.05, 4.69) is 20.4 Å². The molecular weight excluding hydrogens is 242 g/mol. The van der Waals surface area contributed by atoms with Crippen LogP contribution in [0.4, 0.5) is 0 Å². The van der Waals surface area contributed by atoms with Crippen LogP contribution in [0.2, 0.25) is 0 Å². The summed E-state index contributed by atoms with van der Waals surface area (Å²) >= 11 is 0. The van der Waals surface area contributed by atoms with Crippen LogP contribution in [0.15, 0.2) is 18.6 Å². The van der Waals surface area contributed by atoms with Crippen LogP contribution in [0.3, 0.4) is 0 Å². The van der Waals surface area contributed by atoms with E-state index in [0.717, 1.165) is 23.5 Å². The van der Waals surface area contributed by atoms with Crippen molar-refractivity contribution in [1.82, 2.24) is 25.1 Å². The maximum absolute atomic E-state index is 11.7. The monoisotopic (exact) mass is 261 g/mol. The van der Waals surface area contributed by atoms with Crippen LogP contribution in [-0.4, -0.2) is 32.2 Å². The van der Waals surface area contributed by atoms with Gasteiger partial charge in [0.05, 0.1) is 12.0 Å². The molecule has 6 nitrogen and oxygen atoms in total. The molecule has 0 aliphatic heterocycles. The molecule has 2 aromatic heterocycles. The molecule has 102 valence electrons. The summed E-state index contributed by atoms with van der Waals surface area (Å²) in [7, 11) is 0. The average molecular weight is 261 g/mol. The molecule has 2 heterocycles. The van der Waals surface area contributed by atoms with E-state index >= 15 is 0 Å². The van der Waals surface area contributed by atoms with Crippen molar-refractivity contribution in [2.75, 3.05) is 6.54 Å². The van der Waals surface area contributed by atoms with E-state index in [1.54, 1.807) is 12.5 Å². The predicted octanol–water partition coefficient (Wildman–Crippen LogP) is 0.972. The Bertz CT molecular complexity index is 529. The fourth-order valence-corrected chi connectivity index (χ4v) is 1.96. The third-order valence-electron chi connectivity index (χ3n) is 2.93. The largest absolute Gasteiger partial charge is 0.356 e. The highest BCUT2D eigenvalue weighted by Gasteiger charge is 2.05. The summed E-state index contributed by atoms with van der Waals surface area (Å²) in [6, 6.07) is 2.01. The number of rotatable bonds is 6. The van der Waals surface area contributed by atoms with Gasteiger partial charge in [-0.1, -0.05) is 0 Å². The van der Waals surface area contributed by atoms with Gasteiger partial charge in [0.25, 0.3) is 0 Å². The van der Waals surface area contributed by atoms with Crippen LogP contribution in [0.1, 0.15) is 23.5 Å². The molecule has 0 spiro atoms. The van der Waals surface area contributed by atoms with Gasteiger partial charge in [0.1, 0.15) is 0 Å². The zero-order chi connectivity index (χ0) is 13.7. The first-order valence-electron chi connectivity index (χ1n) is 6.40. The lowest BCUT2D eigenvalue weighted by molar-refractivity contribution is -0.121. The highest BCUT2D eigenvalue weighted by Crippen LogP contribution is 2.02. The Morgan fingerprint density at radius 3 is 2.95 bits per heavy atom. The minimum atomic E-state index is 0.0482. The number of H-pyrrole nitrogens is 1. The first-order valence-corrected chi connectivity index (χ1v) is 6.40. The molecule has 0 radical (unpaired) electrons. The molecule has 19 heavy (non-hydrogen) atoms. The summed E-state index contributed by atoms with van der Waals surface area (Å²) in [4.78, 5) is 18.6. The minimum absolute atomic E-state index is 0.0482. The first kappa shape index (κ1) is 13.3. The molecule has 0 aromatic carbocycles. The molecule has 0 saturated carbocycles. The normalized spacial score (nSPS) is 10.6. The van der Waals surface area contributed by atoms with Gasteiger partial charge in [-0.25, -0.2) is 4.98 Å². The van der Waals surface area contributed by atoms with Gasteiger partial charge in [0, 0.05) is 43.5 Å².